The lowest BCUT2D eigenvalue weighted by atomic mass is 10.0. The normalized spacial score (nSPS) is 12.3. The Hall–Kier alpha value is -0.770. The molecule has 2 rings (SSSR count). The summed E-state index contributed by atoms with van der Waals surface area (Å²) in [5.41, 5.74) is 1.29. The number of alkyl halides is 1. The molecule has 0 aliphatic heterocycles. The molecule has 0 N–H and O–H groups in total. The van der Waals surface area contributed by atoms with Gasteiger partial charge in [-0.15, -0.1) is 0 Å². The lowest BCUT2D eigenvalue weighted by Gasteiger charge is -2.13. The van der Waals surface area contributed by atoms with Crippen LogP contribution in [0.3, 0.4) is 0 Å². The van der Waals surface area contributed by atoms with Gasteiger partial charge in [-0.2, -0.15) is 0 Å². The summed E-state index contributed by atoms with van der Waals surface area (Å²) in [6.45, 7) is 0. The van der Waals surface area contributed by atoms with E-state index in [2.05, 4.69) is 15.9 Å². The van der Waals surface area contributed by atoms with Crippen LogP contribution in [0, 0.1) is 5.82 Å². The molecule has 100 valence electrons. The summed E-state index contributed by atoms with van der Waals surface area (Å²) in [7, 11) is 1.54. The van der Waals surface area contributed by atoms with E-state index in [0.717, 1.165) is 5.56 Å². The Labute approximate surface area is 129 Å². The molecule has 2 aromatic carbocycles. The van der Waals surface area contributed by atoms with Crippen molar-refractivity contribution in [1.82, 2.24) is 0 Å². The highest BCUT2D eigenvalue weighted by Gasteiger charge is 2.16. The van der Waals surface area contributed by atoms with E-state index < -0.39 is 0 Å². The third-order valence-corrected chi connectivity index (χ3v) is 4.25. The van der Waals surface area contributed by atoms with Crippen LogP contribution in [0.1, 0.15) is 16.0 Å². The molecule has 0 radical (unpaired) electrons. The summed E-state index contributed by atoms with van der Waals surface area (Å²) in [5, 5.41) is 0.965. The fraction of sp³-hybridized carbons (Fsp3) is 0.143. The molecular weight excluding hydrogens is 354 g/mol. The second kappa shape index (κ2) is 6.12. The van der Waals surface area contributed by atoms with Gasteiger partial charge in [0.2, 0.25) is 0 Å². The fourth-order valence-corrected chi connectivity index (χ4v) is 2.81. The van der Waals surface area contributed by atoms with Crippen molar-refractivity contribution >= 4 is 39.1 Å². The highest BCUT2D eigenvalue weighted by Crippen LogP contribution is 2.37. The van der Waals surface area contributed by atoms with E-state index >= 15 is 0 Å². The van der Waals surface area contributed by atoms with Crippen molar-refractivity contribution in [2.24, 2.45) is 0 Å². The second-order valence-corrected chi connectivity index (χ2v) is 5.68. The number of hydrogen-bond donors (Lipinski definition) is 0. The van der Waals surface area contributed by atoms with Crippen LogP contribution in [0.5, 0.6) is 5.75 Å². The maximum atomic E-state index is 13.8. The van der Waals surface area contributed by atoms with Crippen LogP contribution >= 0.6 is 39.1 Å². The van der Waals surface area contributed by atoms with Crippen LogP contribution in [0.2, 0.25) is 10.0 Å². The molecule has 5 heteroatoms. The summed E-state index contributed by atoms with van der Waals surface area (Å²) < 4.78 is 18.9. The predicted octanol–water partition coefficient (Wildman–Crippen LogP) is 5.63. The average Bonchev–Trinajstić information content (AvgIpc) is 2.40. The standard InChI is InChI=1S/C14H10BrCl2FO/c1-19-13-5-2-8(6-11(13)17)14(15)10-7-9(16)3-4-12(10)18/h2-7,14H,1H3. The van der Waals surface area contributed by atoms with Gasteiger partial charge < -0.3 is 4.74 Å². The molecule has 2 aromatic rings. The van der Waals surface area contributed by atoms with Gasteiger partial charge >= 0.3 is 0 Å². The largest absolute Gasteiger partial charge is 0.495 e. The topological polar surface area (TPSA) is 9.23 Å². The van der Waals surface area contributed by atoms with Crippen LogP contribution in [0.15, 0.2) is 36.4 Å². The number of benzene rings is 2. The van der Waals surface area contributed by atoms with Gasteiger partial charge in [-0.05, 0) is 35.9 Å². The number of hydrogen-bond acceptors (Lipinski definition) is 1. The van der Waals surface area contributed by atoms with Crippen molar-refractivity contribution in [2.75, 3.05) is 7.11 Å². The highest BCUT2D eigenvalue weighted by molar-refractivity contribution is 9.09. The van der Waals surface area contributed by atoms with Gasteiger partial charge in [0, 0.05) is 10.6 Å². The van der Waals surface area contributed by atoms with Gasteiger partial charge in [-0.3, -0.25) is 0 Å². The Bertz CT molecular complexity index is 604. The first-order chi connectivity index (χ1) is 9.02. The van der Waals surface area contributed by atoms with Crippen molar-refractivity contribution in [3.63, 3.8) is 0 Å². The Morgan fingerprint density at radius 3 is 2.53 bits per heavy atom. The summed E-state index contributed by atoms with van der Waals surface area (Å²) in [4.78, 5) is -0.324. The minimum Gasteiger partial charge on any atom is -0.495 e. The molecule has 1 nitrogen and oxygen atoms in total. The van der Waals surface area contributed by atoms with Gasteiger partial charge in [0.05, 0.1) is 17.0 Å². The van der Waals surface area contributed by atoms with E-state index in [1.165, 1.54) is 12.1 Å². The van der Waals surface area contributed by atoms with Crippen molar-refractivity contribution in [1.29, 1.82) is 0 Å². The maximum absolute atomic E-state index is 13.8. The highest BCUT2D eigenvalue weighted by atomic mass is 79.9. The quantitative estimate of drug-likeness (QED) is 0.642. The molecule has 1 unspecified atom stereocenters. The van der Waals surface area contributed by atoms with E-state index in [1.807, 2.05) is 6.07 Å². The smallest absolute Gasteiger partial charge is 0.137 e. The molecule has 19 heavy (non-hydrogen) atoms. The van der Waals surface area contributed by atoms with Crippen LogP contribution in [-0.4, -0.2) is 7.11 Å². The molecule has 0 aliphatic carbocycles. The molecular formula is C14H10BrCl2FO. The first-order valence-electron chi connectivity index (χ1n) is 5.45. The van der Waals surface area contributed by atoms with E-state index in [-0.39, 0.29) is 10.6 Å². The monoisotopic (exact) mass is 362 g/mol. The first kappa shape index (κ1) is 14.6. The number of rotatable bonds is 3. The van der Waals surface area contributed by atoms with E-state index in [1.54, 1.807) is 25.3 Å². The zero-order valence-electron chi connectivity index (χ0n) is 9.96. The van der Waals surface area contributed by atoms with E-state index in [0.29, 0.717) is 21.4 Å². The summed E-state index contributed by atoms with van der Waals surface area (Å²) in [6, 6.07) is 9.76. The van der Waals surface area contributed by atoms with Gasteiger partial charge in [-0.1, -0.05) is 45.2 Å². The van der Waals surface area contributed by atoms with Crippen LogP contribution in [-0.2, 0) is 0 Å². The second-order valence-electron chi connectivity index (χ2n) is 3.92. The van der Waals surface area contributed by atoms with Crippen LogP contribution < -0.4 is 4.74 Å². The third-order valence-electron chi connectivity index (χ3n) is 2.70. The van der Waals surface area contributed by atoms with Gasteiger partial charge in [-0.25, -0.2) is 4.39 Å². The third kappa shape index (κ3) is 3.22. The molecule has 0 spiro atoms. The predicted molar refractivity (Wildman–Crippen MR) is 80.2 cm³/mol. The van der Waals surface area contributed by atoms with E-state index in [9.17, 15) is 4.39 Å². The number of methoxy groups -OCH3 is 1. The molecule has 0 fully saturated rings. The zero-order valence-corrected chi connectivity index (χ0v) is 13.1. The Kier molecular flexibility index (Phi) is 4.71. The van der Waals surface area contributed by atoms with Crippen LogP contribution in [0.4, 0.5) is 4.39 Å². The SMILES string of the molecule is COc1ccc(C(Br)c2cc(Cl)ccc2F)cc1Cl. The number of halogens is 4. The molecule has 0 aliphatic rings. The molecule has 0 saturated carbocycles. The summed E-state index contributed by atoms with van der Waals surface area (Å²) >= 11 is 15.4. The molecule has 0 amide bonds. The lowest BCUT2D eigenvalue weighted by molar-refractivity contribution is 0.415. The van der Waals surface area contributed by atoms with Gasteiger partial charge in [0.1, 0.15) is 11.6 Å². The average molecular weight is 364 g/mol. The first-order valence-corrected chi connectivity index (χ1v) is 7.12. The Morgan fingerprint density at radius 2 is 1.89 bits per heavy atom. The lowest BCUT2D eigenvalue weighted by Crippen LogP contribution is -1.97. The Morgan fingerprint density at radius 1 is 1.16 bits per heavy atom. The molecule has 0 heterocycles. The fourth-order valence-electron chi connectivity index (χ4n) is 1.73. The van der Waals surface area contributed by atoms with Gasteiger partial charge in [0.25, 0.3) is 0 Å². The van der Waals surface area contributed by atoms with Crippen molar-refractivity contribution in [3.05, 3.63) is 63.4 Å². The molecule has 0 bridgehead atoms. The molecule has 0 aromatic heterocycles. The summed E-state index contributed by atoms with van der Waals surface area (Å²) in [5.74, 6) is 0.259. The summed E-state index contributed by atoms with van der Waals surface area (Å²) in [6.07, 6.45) is 0. The van der Waals surface area contributed by atoms with Crippen molar-refractivity contribution in [2.45, 2.75) is 4.83 Å². The minimum atomic E-state index is -0.324. The van der Waals surface area contributed by atoms with Crippen molar-refractivity contribution < 1.29 is 9.13 Å². The number of ether oxygens (including phenoxy) is 1. The maximum Gasteiger partial charge on any atom is 0.137 e. The van der Waals surface area contributed by atoms with Gasteiger partial charge in [0.15, 0.2) is 0 Å². The molecule has 1 atom stereocenters. The Balaban J connectivity index is 2.41. The van der Waals surface area contributed by atoms with Crippen molar-refractivity contribution in [3.8, 4) is 5.75 Å². The minimum absolute atomic E-state index is 0.321. The molecule has 0 saturated heterocycles. The zero-order chi connectivity index (χ0) is 14.0. The van der Waals surface area contributed by atoms with E-state index in [4.69, 9.17) is 27.9 Å². The van der Waals surface area contributed by atoms with Crippen LogP contribution in [0.25, 0.3) is 0 Å².